The molecule has 35 heavy (non-hydrogen) atoms. The minimum absolute atomic E-state index is 0.148. The van der Waals surface area contributed by atoms with Gasteiger partial charge in [-0.2, -0.15) is 0 Å². The molecule has 0 unspecified atom stereocenters. The number of halogens is 1. The lowest BCUT2D eigenvalue weighted by atomic mass is 9.90. The number of hydrogen-bond acceptors (Lipinski definition) is 4. The maximum Gasteiger partial charge on any atom is 0.142 e. The third-order valence-electron chi connectivity index (χ3n) is 7.77. The Labute approximate surface area is 208 Å². The summed E-state index contributed by atoms with van der Waals surface area (Å²) in [6, 6.07) is 13.5. The molecule has 1 N–H and O–H groups in total. The highest BCUT2D eigenvalue weighted by Gasteiger charge is 2.22. The van der Waals surface area contributed by atoms with Crippen molar-refractivity contribution in [3.05, 3.63) is 60.0 Å². The van der Waals surface area contributed by atoms with Gasteiger partial charge in [-0.05, 0) is 101 Å². The lowest BCUT2D eigenvalue weighted by Gasteiger charge is -2.37. The molecule has 2 aliphatic rings. The van der Waals surface area contributed by atoms with Crippen LogP contribution in [0.5, 0.6) is 5.75 Å². The first kappa shape index (κ1) is 24.1. The molecule has 0 spiro atoms. The average molecular weight is 479 g/mol. The number of piperidine rings is 1. The summed E-state index contributed by atoms with van der Waals surface area (Å²) in [4.78, 5) is 11.0. The SMILES string of the molecule is CCOc1ccccc1N1CCN(CCCN2CCC(Cc3c[nH]c4ccc(F)cc34)CC2)CC1. The number of aromatic nitrogens is 1. The number of benzene rings is 2. The molecule has 0 atom stereocenters. The highest BCUT2D eigenvalue weighted by atomic mass is 19.1. The van der Waals surface area contributed by atoms with Gasteiger partial charge in [-0.3, -0.25) is 4.90 Å². The maximum atomic E-state index is 13.7. The highest BCUT2D eigenvalue weighted by Crippen LogP contribution is 2.29. The molecule has 0 aliphatic carbocycles. The van der Waals surface area contributed by atoms with Crippen molar-refractivity contribution in [1.29, 1.82) is 0 Å². The normalized spacial score (nSPS) is 18.4. The molecule has 5 nitrogen and oxygen atoms in total. The fraction of sp³-hybridized carbons (Fsp3) is 0.517. The van der Waals surface area contributed by atoms with Gasteiger partial charge in [0.15, 0.2) is 0 Å². The molecule has 6 heteroatoms. The minimum Gasteiger partial charge on any atom is -0.492 e. The van der Waals surface area contributed by atoms with Gasteiger partial charge in [0.25, 0.3) is 0 Å². The van der Waals surface area contributed by atoms with Crippen LogP contribution in [0.25, 0.3) is 10.9 Å². The molecule has 0 amide bonds. The van der Waals surface area contributed by atoms with Crippen LogP contribution in [-0.4, -0.2) is 73.7 Å². The second kappa shape index (κ2) is 11.4. The average Bonchev–Trinajstić information content (AvgIpc) is 3.28. The van der Waals surface area contributed by atoms with Crippen LogP contribution in [0.15, 0.2) is 48.7 Å². The summed E-state index contributed by atoms with van der Waals surface area (Å²) in [6.07, 6.45) is 6.83. The van der Waals surface area contributed by atoms with Crippen molar-refractivity contribution in [3.63, 3.8) is 0 Å². The summed E-state index contributed by atoms with van der Waals surface area (Å²) in [5.74, 6) is 1.55. The molecular formula is C29H39FN4O. The third-order valence-corrected chi connectivity index (χ3v) is 7.77. The van der Waals surface area contributed by atoms with E-state index in [1.54, 1.807) is 6.07 Å². The van der Waals surface area contributed by atoms with Crippen molar-refractivity contribution in [2.24, 2.45) is 5.92 Å². The molecule has 5 rings (SSSR count). The zero-order valence-corrected chi connectivity index (χ0v) is 21.0. The van der Waals surface area contributed by atoms with Gasteiger partial charge in [-0.1, -0.05) is 12.1 Å². The molecule has 2 aromatic carbocycles. The van der Waals surface area contributed by atoms with Gasteiger partial charge in [0.1, 0.15) is 11.6 Å². The number of rotatable bonds is 9. The molecule has 2 aliphatic heterocycles. The molecule has 2 fully saturated rings. The topological polar surface area (TPSA) is 34.7 Å². The summed E-state index contributed by atoms with van der Waals surface area (Å²) in [7, 11) is 0. The zero-order chi connectivity index (χ0) is 24.0. The van der Waals surface area contributed by atoms with E-state index >= 15 is 0 Å². The number of nitrogens with one attached hydrogen (secondary N) is 1. The molecule has 3 aromatic rings. The second-order valence-electron chi connectivity index (χ2n) is 10.1. The highest BCUT2D eigenvalue weighted by molar-refractivity contribution is 5.83. The van der Waals surface area contributed by atoms with Gasteiger partial charge in [0.2, 0.25) is 0 Å². The van der Waals surface area contributed by atoms with Crippen LogP contribution in [0.2, 0.25) is 0 Å². The number of piperazine rings is 1. The van der Waals surface area contributed by atoms with Gasteiger partial charge >= 0.3 is 0 Å². The fourth-order valence-electron chi connectivity index (χ4n) is 5.77. The summed E-state index contributed by atoms with van der Waals surface area (Å²) >= 11 is 0. The molecular weight excluding hydrogens is 439 g/mol. The quantitative estimate of drug-likeness (QED) is 0.460. The zero-order valence-electron chi connectivity index (χ0n) is 21.0. The number of para-hydroxylation sites is 2. The van der Waals surface area contributed by atoms with E-state index in [-0.39, 0.29) is 5.82 Å². The third kappa shape index (κ3) is 5.99. The number of ether oxygens (including phenoxy) is 1. The van der Waals surface area contributed by atoms with Crippen molar-refractivity contribution < 1.29 is 9.13 Å². The van der Waals surface area contributed by atoms with E-state index in [1.165, 1.54) is 62.8 Å². The van der Waals surface area contributed by atoms with Crippen LogP contribution in [0.1, 0.15) is 31.7 Å². The predicted octanol–water partition coefficient (Wildman–Crippen LogP) is 5.17. The lowest BCUT2D eigenvalue weighted by molar-refractivity contribution is 0.169. The van der Waals surface area contributed by atoms with Crippen molar-refractivity contribution in [2.45, 2.75) is 32.6 Å². The number of anilines is 1. The van der Waals surface area contributed by atoms with Crippen LogP contribution in [-0.2, 0) is 6.42 Å². The number of fused-ring (bicyclic) bond motifs is 1. The van der Waals surface area contributed by atoms with E-state index in [2.05, 4.69) is 50.1 Å². The Morgan fingerprint density at radius 1 is 0.943 bits per heavy atom. The lowest BCUT2D eigenvalue weighted by Crippen LogP contribution is -2.47. The Balaban J connectivity index is 1.01. The van der Waals surface area contributed by atoms with E-state index < -0.39 is 0 Å². The molecule has 0 radical (unpaired) electrons. The van der Waals surface area contributed by atoms with Crippen molar-refractivity contribution in [2.75, 3.05) is 63.9 Å². The molecule has 2 saturated heterocycles. The Hall–Kier alpha value is -2.57. The molecule has 188 valence electrons. The molecule has 1 aromatic heterocycles. The van der Waals surface area contributed by atoms with E-state index in [1.807, 2.05) is 13.0 Å². The smallest absolute Gasteiger partial charge is 0.142 e. The van der Waals surface area contributed by atoms with Crippen LogP contribution in [0.4, 0.5) is 10.1 Å². The summed E-state index contributed by atoms with van der Waals surface area (Å²) in [6.45, 7) is 11.9. The Bertz CT molecular complexity index is 1080. The number of hydrogen-bond donors (Lipinski definition) is 1. The standard InChI is InChI=1S/C29H39FN4O/c1-2-35-29-7-4-3-6-28(29)34-18-16-33(17-19-34)13-5-12-32-14-10-23(11-15-32)20-24-22-31-27-9-8-25(30)21-26(24)27/h3-4,6-9,21-23,31H,2,5,10-20H2,1H3. The number of aromatic amines is 1. The molecule has 0 saturated carbocycles. The van der Waals surface area contributed by atoms with E-state index in [0.717, 1.165) is 49.3 Å². The van der Waals surface area contributed by atoms with Crippen LogP contribution < -0.4 is 9.64 Å². The predicted molar refractivity (Wildman–Crippen MR) is 142 cm³/mol. The number of likely N-dealkylation sites (tertiary alicyclic amines) is 1. The van der Waals surface area contributed by atoms with Crippen molar-refractivity contribution in [3.8, 4) is 5.75 Å². The van der Waals surface area contributed by atoms with Gasteiger partial charge in [0, 0.05) is 43.3 Å². The van der Waals surface area contributed by atoms with Crippen LogP contribution in [0, 0.1) is 11.7 Å². The largest absolute Gasteiger partial charge is 0.492 e. The van der Waals surface area contributed by atoms with Gasteiger partial charge in [-0.25, -0.2) is 4.39 Å². The van der Waals surface area contributed by atoms with Crippen molar-refractivity contribution >= 4 is 16.6 Å². The number of nitrogens with zero attached hydrogens (tertiary/aromatic N) is 3. The Morgan fingerprint density at radius 3 is 2.46 bits per heavy atom. The first-order chi connectivity index (χ1) is 17.2. The number of H-pyrrole nitrogens is 1. The maximum absolute atomic E-state index is 13.7. The first-order valence-corrected chi connectivity index (χ1v) is 13.4. The van der Waals surface area contributed by atoms with Gasteiger partial charge < -0.3 is 19.5 Å². The van der Waals surface area contributed by atoms with E-state index in [0.29, 0.717) is 12.5 Å². The van der Waals surface area contributed by atoms with Crippen LogP contribution >= 0.6 is 0 Å². The fourth-order valence-corrected chi connectivity index (χ4v) is 5.77. The molecule has 0 bridgehead atoms. The summed E-state index contributed by atoms with van der Waals surface area (Å²) in [5.41, 5.74) is 3.54. The second-order valence-corrected chi connectivity index (χ2v) is 10.1. The Morgan fingerprint density at radius 2 is 1.69 bits per heavy atom. The summed E-state index contributed by atoms with van der Waals surface area (Å²) < 4.78 is 19.5. The Kier molecular flexibility index (Phi) is 7.89. The van der Waals surface area contributed by atoms with Crippen molar-refractivity contribution in [1.82, 2.24) is 14.8 Å². The first-order valence-electron chi connectivity index (χ1n) is 13.4. The van der Waals surface area contributed by atoms with Gasteiger partial charge in [0.05, 0.1) is 12.3 Å². The van der Waals surface area contributed by atoms with E-state index in [4.69, 9.17) is 4.74 Å². The van der Waals surface area contributed by atoms with E-state index in [9.17, 15) is 4.39 Å². The molecule has 3 heterocycles. The monoisotopic (exact) mass is 478 g/mol. The van der Waals surface area contributed by atoms with Gasteiger partial charge in [-0.15, -0.1) is 0 Å². The minimum atomic E-state index is -0.148. The summed E-state index contributed by atoms with van der Waals surface area (Å²) in [5, 5.41) is 1.05. The van der Waals surface area contributed by atoms with Crippen LogP contribution in [0.3, 0.4) is 0 Å².